The Labute approximate surface area is 166 Å². The van der Waals surface area contributed by atoms with Crippen LogP contribution in [0.1, 0.15) is 36.5 Å². The van der Waals surface area contributed by atoms with Crippen molar-refractivity contribution in [1.82, 2.24) is 4.90 Å². The van der Waals surface area contributed by atoms with E-state index in [9.17, 15) is 9.59 Å². The third-order valence-electron chi connectivity index (χ3n) is 5.56. The highest BCUT2D eigenvalue weighted by Crippen LogP contribution is 2.36. The van der Waals surface area contributed by atoms with E-state index >= 15 is 0 Å². The van der Waals surface area contributed by atoms with E-state index in [0.29, 0.717) is 22.9 Å². The van der Waals surface area contributed by atoms with Crippen LogP contribution in [0.25, 0.3) is 5.57 Å². The van der Waals surface area contributed by atoms with E-state index < -0.39 is 0 Å². The summed E-state index contributed by atoms with van der Waals surface area (Å²) in [5.74, 6) is 0.0776. The molecular weight excluding hydrogens is 348 g/mol. The monoisotopic (exact) mass is 374 g/mol. The molecule has 0 radical (unpaired) electrons. The minimum absolute atomic E-state index is 0.206. The van der Waals surface area contributed by atoms with Gasteiger partial charge in [0.2, 0.25) is 0 Å². The Hall–Kier alpha value is -2.88. The van der Waals surface area contributed by atoms with Crippen LogP contribution in [0, 0.1) is 19.8 Å². The summed E-state index contributed by atoms with van der Waals surface area (Å²) in [6.07, 6.45) is 2.20. The second-order valence-electron chi connectivity index (χ2n) is 8.07. The summed E-state index contributed by atoms with van der Waals surface area (Å²) in [4.78, 5) is 30.5. The largest absolute Gasteiger partial charge is 0.366 e. The average molecular weight is 374 g/mol. The maximum Gasteiger partial charge on any atom is 0.282 e. The van der Waals surface area contributed by atoms with Crippen molar-refractivity contribution in [3.8, 4) is 0 Å². The summed E-state index contributed by atoms with van der Waals surface area (Å²) in [5.41, 5.74) is 4.62. The number of aryl methyl sites for hydroxylation is 2. The molecule has 28 heavy (non-hydrogen) atoms. The van der Waals surface area contributed by atoms with Gasteiger partial charge in [-0.25, -0.2) is 4.90 Å². The molecule has 4 rings (SSSR count). The molecular formula is C24H26N2O2. The molecule has 1 saturated heterocycles. The first-order chi connectivity index (χ1) is 13.5. The maximum atomic E-state index is 13.5. The van der Waals surface area contributed by atoms with Crippen molar-refractivity contribution in [3.05, 3.63) is 70.9 Å². The lowest BCUT2D eigenvalue weighted by Gasteiger charge is -2.33. The molecule has 144 valence electrons. The second-order valence-corrected chi connectivity index (χ2v) is 8.07. The SMILES string of the molecule is Cc1cc(C)cc(N2C(=O)C(c3ccccc3)=C(N3CCCC(C)C3)C2=O)c1. The fraction of sp³-hybridized carbons (Fsp3) is 0.333. The fourth-order valence-corrected chi connectivity index (χ4v) is 4.38. The topological polar surface area (TPSA) is 40.6 Å². The van der Waals surface area contributed by atoms with Crippen LogP contribution in [0.3, 0.4) is 0 Å². The number of anilines is 1. The van der Waals surface area contributed by atoms with Crippen LogP contribution >= 0.6 is 0 Å². The molecule has 0 aliphatic carbocycles. The molecule has 0 aromatic heterocycles. The van der Waals surface area contributed by atoms with E-state index in [-0.39, 0.29) is 11.8 Å². The first kappa shape index (κ1) is 18.5. The first-order valence-electron chi connectivity index (χ1n) is 9.97. The highest BCUT2D eigenvalue weighted by Gasteiger charge is 2.43. The molecule has 0 saturated carbocycles. The van der Waals surface area contributed by atoms with Crippen LogP contribution in [-0.2, 0) is 9.59 Å². The van der Waals surface area contributed by atoms with E-state index in [1.54, 1.807) is 0 Å². The van der Waals surface area contributed by atoms with Crippen molar-refractivity contribution in [2.24, 2.45) is 5.92 Å². The van der Waals surface area contributed by atoms with Gasteiger partial charge >= 0.3 is 0 Å². The molecule has 0 N–H and O–H groups in total. The van der Waals surface area contributed by atoms with Gasteiger partial charge in [-0.2, -0.15) is 0 Å². The summed E-state index contributed by atoms with van der Waals surface area (Å²) in [6, 6.07) is 15.5. The predicted molar refractivity (Wildman–Crippen MR) is 112 cm³/mol. The molecule has 1 fully saturated rings. The molecule has 1 atom stereocenters. The maximum absolute atomic E-state index is 13.5. The van der Waals surface area contributed by atoms with Gasteiger partial charge in [-0.3, -0.25) is 9.59 Å². The van der Waals surface area contributed by atoms with Gasteiger partial charge < -0.3 is 4.90 Å². The zero-order valence-corrected chi connectivity index (χ0v) is 16.7. The lowest BCUT2D eigenvalue weighted by atomic mass is 9.98. The van der Waals surface area contributed by atoms with E-state index in [2.05, 4.69) is 11.8 Å². The van der Waals surface area contributed by atoms with Crippen molar-refractivity contribution in [2.75, 3.05) is 18.0 Å². The molecule has 0 spiro atoms. The van der Waals surface area contributed by atoms with Crippen LogP contribution in [0.2, 0.25) is 0 Å². The van der Waals surface area contributed by atoms with Crippen LogP contribution in [-0.4, -0.2) is 29.8 Å². The molecule has 2 aromatic rings. The van der Waals surface area contributed by atoms with Crippen LogP contribution in [0.4, 0.5) is 5.69 Å². The zero-order chi connectivity index (χ0) is 19.8. The fourth-order valence-electron chi connectivity index (χ4n) is 4.38. The molecule has 2 aromatic carbocycles. The molecule has 2 aliphatic rings. The number of carbonyl (C=O) groups is 2. The second kappa shape index (κ2) is 7.27. The number of amides is 2. The normalized spacial score (nSPS) is 20.3. The minimum Gasteiger partial charge on any atom is -0.366 e. The van der Waals surface area contributed by atoms with Crippen molar-refractivity contribution in [2.45, 2.75) is 33.6 Å². The molecule has 4 heteroatoms. The van der Waals surface area contributed by atoms with Gasteiger partial charge in [-0.15, -0.1) is 0 Å². The number of carbonyl (C=O) groups excluding carboxylic acids is 2. The van der Waals surface area contributed by atoms with Crippen molar-refractivity contribution in [3.63, 3.8) is 0 Å². The smallest absolute Gasteiger partial charge is 0.282 e. The molecule has 2 amide bonds. The van der Waals surface area contributed by atoms with Crippen molar-refractivity contribution in [1.29, 1.82) is 0 Å². The van der Waals surface area contributed by atoms with E-state index in [0.717, 1.165) is 42.6 Å². The van der Waals surface area contributed by atoms with Crippen molar-refractivity contribution < 1.29 is 9.59 Å². The van der Waals surface area contributed by atoms with Crippen LogP contribution < -0.4 is 4.90 Å². The number of nitrogens with zero attached hydrogens (tertiary/aromatic N) is 2. The lowest BCUT2D eigenvalue weighted by Crippen LogP contribution is -2.39. The van der Waals surface area contributed by atoms with Gasteiger partial charge in [-0.05, 0) is 61.4 Å². The lowest BCUT2D eigenvalue weighted by molar-refractivity contribution is -0.120. The van der Waals surface area contributed by atoms with Crippen LogP contribution in [0.15, 0.2) is 54.2 Å². The Morgan fingerprint density at radius 3 is 2.25 bits per heavy atom. The van der Waals surface area contributed by atoms with Gasteiger partial charge in [-0.1, -0.05) is 43.3 Å². The Morgan fingerprint density at radius 1 is 0.929 bits per heavy atom. The van der Waals surface area contributed by atoms with E-state index in [1.165, 1.54) is 4.90 Å². The van der Waals surface area contributed by atoms with Gasteiger partial charge in [0.1, 0.15) is 5.70 Å². The Morgan fingerprint density at radius 2 is 1.61 bits per heavy atom. The molecule has 0 bridgehead atoms. The third-order valence-corrected chi connectivity index (χ3v) is 5.56. The van der Waals surface area contributed by atoms with Gasteiger partial charge in [0.05, 0.1) is 11.3 Å². The Bertz CT molecular complexity index is 942. The van der Waals surface area contributed by atoms with E-state index in [4.69, 9.17) is 0 Å². The predicted octanol–water partition coefficient (Wildman–Crippen LogP) is 4.32. The minimum atomic E-state index is -0.227. The number of hydrogen-bond acceptors (Lipinski definition) is 3. The zero-order valence-electron chi connectivity index (χ0n) is 16.7. The summed E-state index contributed by atoms with van der Waals surface area (Å²) in [7, 11) is 0. The summed E-state index contributed by atoms with van der Waals surface area (Å²) in [6.45, 7) is 7.81. The summed E-state index contributed by atoms with van der Waals surface area (Å²) >= 11 is 0. The number of hydrogen-bond donors (Lipinski definition) is 0. The highest BCUT2D eigenvalue weighted by atomic mass is 16.2. The number of likely N-dealkylation sites (tertiary alicyclic amines) is 1. The Kier molecular flexibility index (Phi) is 4.80. The number of imide groups is 1. The number of rotatable bonds is 3. The highest BCUT2D eigenvalue weighted by molar-refractivity contribution is 6.45. The molecule has 1 unspecified atom stereocenters. The van der Waals surface area contributed by atoms with Crippen LogP contribution in [0.5, 0.6) is 0 Å². The first-order valence-corrected chi connectivity index (χ1v) is 9.97. The van der Waals surface area contributed by atoms with Gasteiger partial charge in [0.25, 0.3) is 11.8 Å². The standard InChI is InChI=1S/C24H26N2O2/c1-16-8-7-11-25(15-16)22-21(19-9-5-4-6-10-19)23(27)26(24(22)28)20-13-17(2)12-18(3)14-20/h4-6,9-10,12-14,16H,7-8,11,15H2,1-3H3. The average Bonchev–Trinajstić information content (AvgIpc) is 2.92. The summed E-state index contributed by atoms with van der Waals surface area (Å²) < 4.78 is 0. The molecule has 2 heterocycles. The van der Waals surface area contributed by atoms with Gasteiger partial charge in [0.15, 0.2) is 0 Å². The molecule has 2 aliphatic heterocycles. The number of piperidine rings is 1. The van der Waals surface area contributed by atoms with E-state index in [1.807, 2.05) is 62.4 Å². The quantitative estimate of drug-likeness (QED) is 0.751. The number of benzene rings is 2. The summed E-state index contributed by atoms with van der Waals surface area (Å²) in [5, 5.41) is 0. The van der Waals surface area contributed by atoms with Crippen molar-refractivity contribution >= 4 is 23.1 Å². The third kappa shape index (κ3) is 3.24. The van der Waals surface area contributed by atoms with Gasteiger partial charge in [0, 0.05) is 13.1 Å². The Balaban J connectivity index is 1.84. The molecule has 4 nitrogen and oxygen atoms in total.